The normalized spacial score (nSPS) is 23.4. The van der Waals surface area contributed by atoms with Crippen LogP contribution in [0, 0.1) is 6.92 Å². The molecule has 1 aromatic carbocycles. The molecule has 0 amide bonds. The molecule has 1 unspecified atom stereocenters. The van der Waals surface area contributed by atoms with Crippen LogP contribution >= 0.6 is 22.9 Å². The quantitative estimate of drug-likeness (QED) is 0.885. The minimum Gasteiger partial charge on any atom is -0.305 e. The van der Waals surface area contributed by atoms with Gasteiger partial charge in [-0.3, -0.25) is 0 Å². The van der Waals surface area contributed by atoms with Crippen LogP contribution in [0.15, 0.2) is 29.6 Å². The number of nitrogens with one attached hydrogen (secondary N) is 1. The van der Waals surface area contributed by atoms with Crippen LogP contribution in [0.5, 0.6) is 0 Å². The molecule has 1 saturated carbocycles. The first kappa shape index (κ1) is 14.1. The van der Waals surface area contributed by atoms with E-state index >= 15 is 0 Å². The molecule has 2 aromatic rings. The van der Waals surface area contributed by atoms with Crippen molar-refractivity contribution in [1.29, 1.82) is 0 Å². The first-order valence-corrected chi connectivity index (χ1v) is 8.31. The molecule has 0 saturated heterocycles. The minimum absolute atomic E-state index is 0.346. The maximum absolute atomic E-state index is 6.05. The SMILES string of the molecule is Cc1csc(C(C)NC2CC(c3cccc(Cl)c3)C2)n1. The molecule has 20 heavy (non-hydrogen) atoms. The van der Waals surface area contributed by atoms with Crippen LogP contribution in [0.4, 0.5) is 0 Å². The van der Waals surface area contributed by atoms with Gasteiger partial charge in [0.25, 0.3) is 0 Å². The predicted octanol–water partition coefficient (Wildman–Crippen LogP) is 4.70. The van der Waals surface area contributed by atoms with Crippen LogP contribution in [0.25, 0.3) is 0 Å². The van der Waals surface area contributed by atoms with E-state index in [1.807, 2.05) is 19.1 Å². The summed E-state index contributed by atoms with van der Waals surface area (Å²) in [6.45, 7) is 4.25. The largest absolute Gasteiger partial charge is 0.305 e. The van der Waals surface area contributed by atoms with Crippen molar-refractivity contribution in [2.75, 3.05) is 0 Å². The van der Waals surface area contributed by atoms with Crippen LogP contribution in [0.1, 0.15) is 48.0 Å². The maximum atomic E-state index is 6.05. The number of benzene rings is 1. The molecule has 1 fully saturated rings. The molecular weight excluding hydrogens is 288 g/mol. The fourth-order valence-corrected chi connectivity index (χ4v) is 3.79. The lowest BCUT2D eigenvalue weighted by atomic mass is 9.75. The third-order valence-electron chi connectivity index (χ3n) is 3.95. The zero-order chi connectivity index (χ0) is 14.1. The van der Waals surface area contributed by atoms with Gasteiger partial charge in [-0.15, -0.1) is 11.3 Å². The van der Waals surface area contributed by atoms with E-state index in [9.17, 15) is 0 Å². The van der Waals surface area contributed by atoms with Gasteiger partial charge in [0.05, 0.1) is 6.04 Å². The first-order chi connectivity index (χ1) is 9.61. The number of hydrogen-bond donors (Lipinski definition) is 1. The van der Waals surface area contributed by atoms with Gasteiger partial charge in [-0.25, -0.2) is 4.98 Å². The highest BCUT2D eigenvalue weighted by atomic mass is 35.5. The highest BCUT2D eigenvalue weighted by Gasteiger charge is 2.31. The Hall–Kier alpha value is -0.900. The summed E-state index contributed by atoms with van der Waals surface area (Å²) >= 11 is 7.79. The van der Waals surface area contributed by atoms with Crippen molar-refractivity contribution < 1.29 is 0 Å². The molecular formula is C16H19ClN2S. The van der Waals surface area contributed by atoms with E-state index in [0.717, 1.165) is 10.7 Å². The molecule has 0 spiro atoms. The third-order valence-corrected chi connectivity index (χ3v) is 5.33. The summed E-state index contributed by atoms with van der Waals surface area (Å²) in [5.41, 5.74) is 2.48. The molecule has 1 aromatic heterocycles. The lowest BCUT2D eigenvalue weighted by molar-refractivity contribution is 0.270. The second-order valence-corrected chi connectivity index (χ2v) is 6.96. The van der Waals surface area contributed by atoms with Gasteiger partial charge < -0.3 is 5.32 Å². The van der Waals surface area contributed by atoms with E-state index in [4.69, 9.17) is 11.6 Å². The van der Waals surface area contributed by atoms with E-state index in [2.05, 4.69) is 34.7 Å². The van der Waals surface area contributed by atoms with Crippen molar-refractivity contribution in [3.63, 3.8) is 0 Å². The van der Waals surface area contributed by atoms with Gasteiger partial charge in [-0.2, -0.15) is 0 Å². The molecule has 4 heteroatoms. The van der Waals surface area contributed by atoms with E-state index < -0.39 is 0 Å². The van der Waals surface area contributed by atoms with Crippen LogP contribution < -0.4 is 5.32 Å². The van der Waals surface area contributed by atoms with Gasteiger partial charge in [0.2, 0.25) is 0 Å². The summed E-state index contributed by atoms with van der Waals surface area (Å²) < 4.78 is 0. The van der Waals surface area contributed by atoms with Gasteiger partial charge in [0.1, 0.15) is 5.01 Å². The Balaban J connectivity index is 1.53. The Labute approximate surface area is 129 Å². The summed E-state index contributed by atoms with van der Waals surface area (Å²) in [5, 5.41) is 7.82. The molecule has 1 atom stereocenters. The zero-order valence-corrected chi connectivity index (χ0v) is 13.3. The molecule has 1 aliphatic carbocycles. The number of aryl methyl sites for hydroxylation is 1. The van der Waals surface area contributed by atoms with Gasteiger partial charge in [0.15, 0.2) is 0 Å². The van der Waals surface area contributed by atoms with Crippen molar-refractivity contribution in [3.05, 3.63) is 50.9 Å². The second-order valence-electron chi connectivity index (χ2n) is 5.64. The second kappa shape index (κ2) is 5.84. The van der Waals surface area contributed by atoms with E-state index in [1.165, 1.54) is 23.4 Å². The maximum Gasteiger partial charge on any atom is 0.110 e. The molecule has 1 aliphatic rings. The average Bonchev–Trinajstić information content (AvgIpc) is 2.80. The molecule has 2 nitrogen and oxygen atoms in total. The van der Waals surface area contributed by atoms with Gasteiger partial charge in [0, 0.05) is 22.1 Å². The number of thiazole rings is 1. The molecule has 0 radical (unpaired) electrons. The monoisotopic (exact) mass is 306 g/mol. The average molecular weight is 307 g/mol. The predicted molar refractivity (Wildman–Crippen MR) is 85.6 cm³/mol. The van der Waals surface area contributed by atoms with Crippen molar-refractivity contribution in [2.45, 2.75) is 44.7 Å². The summed E-state index contributed by atoms with van der Waals surface area (Å²) in [5.74, 6) is 0.649. The van der Waals surface area contributed by atoms with Gasteiger partial charge in [-0.1, -0.05) is 23.7 Å². The first-order valence-electron chi connectivity index (χ1n) is 7.05. The highest BCUT2D eigenvalue weighted by molar-refractivity contribution is 7.09. The molecule has 1 heterocycles. The number of halogens is 1. The Morgan fingerprint density at radius 2 is 2.20 bits per heavy atom. The molecule has 106 valence electrons. The van der Waals surface area contributed by atoms with Crippen LogP contribution in [-0.4, -0.2) is 11.0 Å². The third kappa shape index (κ3) is 3.05. The van der Waals surface area contributed by atoms with Crippen LogP contribution in [-0.2, 0) is 0 Å². The number of hydrogen-bond acceptors (Lipinski definition) is 3. The van der Waals surface area contributed by atoms with E-state index in [1.54, 1.807) is 11.3 Å². The van der Waals surface area contributed by atoms with E-state index in [0.29, 0.717) is 18.0 Å². The lowest BCUT2D eigenvalue weighted by Crippen LogP contribution is -2.41. The van der Waals surface area contributed by atoms with Crippen LogP contribution in [0.3, 0.4) is 0 Å². The van der Waals surface area contributed by atoms with Crippen molar-refractivity contribution in [2.24, 2.45) is 0 Å². The Kier molecular flexibility index (Phi) is 4.11. The fourth-order valence-electron chi connectivity index (χ4n) is 2.78. The molecule has 0 aliphatic heterocycles. The number of aromatic nitrogens is 1. The number of nitrogens with zero attached hydrogens (tertiary/aromatic N) is 1. The Morgan fingerprint density at radius 1 is 1.40 bits per heavy atom. The molecule has 1 N–H and O–H groups in total. The van der Waals surface area contributed by atoms with Crippen molar-refractivity contribution >= 4 is 22.9 Å². The summed E-state index contributed by atoms with van der Waals surface area (Å²) in [6.07, 6.45) is 2.38. The minimum atomic E-state index is 0.346. The van der Waals surface area contributed by atoms with Crippen molar-refractivity contribution in [1.82, 2.24) is 10.3 Å². The summed E-state index contributed by atoms with van der Waals surface area (Å²) in [6, 6.07) is 9.19. The Bertz CT molecular complexity index is 590. The standard InChI is InChI=1S/C16H19ClN2S/c1-10-9-20-16(18-10)11(2)19-15-7-13(8-15)12-4-3-5-14(17)6-12/h3-6,9,11,13,15,19H,7-8H2,1-2H3. The summed E-state index contributed by atoms with van der Waals surface area (Å²) in [4.78, 5) is 4.55. The lowest BCUT2D eigenvalue weighted by Gasteiger charge is -2.38. The summed E-state index contributed by atoms with van der Waals surface area (Å²) in [7, 11) is 0. The van der Waals surface area contributed by atoms with Gasteiger partial charge >= 0.3 is 0 Å². The molecule has 3 rings (SSSR count). The fraction of sp³-hybridized carbons (Fsp3) is 0.438. The van der Waals surface area contributed by atoms with Crippen LogP contribution in [0.2, 0.25) is 5.02 Å². The molecule has 0 bridgehead atoms. The van der Waals surface area contributed by atoms with Crippen molar-refractivity contribution in [3.8, 4) is 0 Å². The van der Waals surface area contributed by atoms with Gasteiger partial charge in [-0.05, 0) is 50.3 Å². The smallest absolute Gasteiger partial charge is 0.110 e. The zero-order valence-electron chi connectivity index (χ0n) is 11.8. The van der Waals surface area contributed by atoms with E-state index in [-0.39, 0.29) is 0 Å². The number of rotatable bonds is 4. The topological polar surface area (TPSA) is 24.9 Å². The Morgan fingerprint density at radius 3 is 2.85 bits per heavy atom. The highest BCUT2D eigenvalue weighted by Crippen LogP contribution is 2.38.